The highest BCUT2D eigenvalue weighted by molar-refractivity contribution is 7.48. The van der Waals surface area contributed by atoms with Crippen LogP contribution < -0.4 is 10.5 Å². The van der Waals surface area contributed by atoms with Gasteiger partial charge in [0.1, 0.15) is 6.10 Å². The number of phosphoric ester groups is 1. The van der Waals surface area contributed by atoms with Crippen molar-refractivity contribution in [1.82, 2.24) is 19.5 Å². The summed E-state index contributed by atoms with van der Waals surface area (Å²) in [4.78, 5) is 25.4. The lowest BCUT2D eigenvalue weighted by molar-refractivity contribution is -0.0925. The number of carbonyl (C=O) groups excluding carboxylic acids is 1. The van der Waals surface area contributed by atoms with Gasteiger partial charge in [-0.3, -0.25) is 18.1 Å². The van der Waals surface area contributed by atoms with Crippen molar-refractivity contribution in [3.8, 4) is 5.88 Å². The molecular formula is C26H29ClN5O10P. The van der Waals surface area contributed by atoms with E-state index in [1.807, 2.05) is 6.07 Å². The maximum atomic E-state index is 13.4. The highest BCUT2D eigenvalue weighted by Crippen LogP contribution is 2.58. The fraction of sp³-hybridized carbons (Fsp3) is 0.538. The predicted molar refractivity (Wildman–Crippen MR) is 147 cm³/mol. The molecule has 4 fully saturated rings. The Morgan fingerprint density at radius 1 is 1.23 bits per heavy atom. The van der Waals surface area contributed by atoms with Crippen LogP contribution in [-0.4, -0.2) is 76.5 Å². The molecule has 0 radical (unpaired) electrons. The molecule has 17 heteroatoms. The number of imidazole rings is 1. The molecule has 230 valence electrons. The number of nitrogen functional groups attached to an aromatic ring is 1. The van der Waals surface area contributed by atoms with E-state index in [-0.39, 0.29) is 31.0 Å². The number of halogens is 1. The van der Waals surface area contributed by atoms with Crippen molar-refractivity contribution in [2.75, 3.05) is 38.8 Å². The van der Waals surface area contributed by atoms with Crippen LogP contribution in [-0.2, 0) is 37.1 Å². The monoisotopic (exact) mass is 637 g/mol. The Labute approximate surface area is 250 Å². The number of rotatable bonds is 8. The van der Waals surface area contributed by atoms with Crippen LogP contribution >= 0.6 is 19.4 Å². The molecular weight excluding hydrogens is 609 g/mol. The average Bonchev–Trinajstić information content (AvgIpc) is 3.75. The maximum absolute atomic E-state index is 13.4. The van der Waals surface area contributed by atoms with Gasteiger partial charge in [-0.15, -0.1) is 0 Å². The zero-order valence-corrected chi connectivity index (χ0v) is 24.6. The molecule has 1 aromatic carbocycles. The first-order valence-electron chi connectivity index (χ1n) is 13.8. The summed E-state index contributed by atoms with van der Waals surface area (Å²) in [5.41, 5.74) is 6.10. The second kappa shape index (κ2) is 11.1. The number of fused-ring (bicyclic) bond motifs is 2. The topological polar surface area (TPSA) is 178 Å². The lowest BCUT2D eigenvalue weighted by atomic mass is 9.96. The first-order valence-corrected chi connectivity index (χ1v) is 15.6. The highest BCUT2D eigenvalue weighted by Gasteiger charge is 2.64. The molecule has 2 N–H and O–H groups in total. The summed E-state index contributed by atoms with van der Waals surface area (Å²) >= 11 is 6.12. The molecule has 0 aliphatic carbocycles. The van der Waals surface area contributed by atoms with E-state index in [4.69, 9.17) is 54.6 Å². The van der Waals surface area contributed by atoms with Crippen LogP contribution in [0.25, 0.3) is 11.2 Å². The quantitative estimate of drug-likeness (QED) is 0.277. The lowest BCUT2D eigenvalue weighted by Gasteiger charge is -2.30. The first-order chi connectivity index (χ1) is 20.7. The third-order valence-electron chi connectivity index (χ3n) is 7.87. The van der Waals surface area contributed by atoms with Gasteiger partial charge in [0.25, 0.3) is 0 Å². The zero-order valence-electron chi connectivity index (χ0n) is 23.0. The van der Waals surface area contributed by atoms with Crippen LogP contribution in [0.3, 0.4) is 0 Å². The van der Waals surface area contributed by atoms with Gasteiger partial charge in [-0.05, 0) is 31.0 Å². The number of carbonyl (C=O) groups is 1. The van der Waals surface area contributed by atoms with Gasteiger partial charge in [0.15, 0.2) is 29.1 Å². The van der Waals surface area contributed by atoms with Gasteiger partial charge in [-0.25, -0.2) is 14.3 Å². The minimum absolute atomic E-state index is 0.0369. The van der Waals surface area contributed by atoms with E-state index in [0.717, 1.165) is 12.0 Å². The van der Waals surface area contributed by atoms with Crippen molar-refractivity contribution in [2.24, 2.45) is 5.92 Å². The fourth-order valence-corrected chi connectivity index (χ4v) is 7.32. The Morgan fingerprint density at radius 3 is 2.93 bits per heavy atom. The molecule has 4 saturated heterocycles. The first kappa shape index (κ1) is 28.7. The molecule has 0 bridgehead atoms. The molecule has 15 nitrogen and oxygen atoms in total. The number of hydrogen-bond acceptors (Lipinski definition) is 14. The van der Waals surface area contributed by atoms with E-state index >= 15 is 0 Å². The van der Waals surface area contributed by atoms with Crippen molar-refractivity contribution in [2.45, 2.75) is 49.9 Å². The summed E-state index contributed by atoms with van der Waals surface area (Å²) in [6.45, 7) is 3.17. The van der Waals surface area contributed by atoms with E-state index in [0.29, 0.717) is 42.4 Å². The van der Waals surface area contributed by atoms with Crippen LogP contribution in [0.2, 0.25) is 5.02 Å². The van der Waals surface area contributed by atoms with Crippen LogP contribution in [0.15, 0.2) is 30.6 Å². The molecule has 4 aliphatic rings. The Balaban J connectivity index is 1.11. The van der Waals surface area contributed by atoms with Gasteiger partial charge < -0.3 is 29.4 Å². The second-order valence-corrected chi connectivity index (χ2v) is 12.9. The minimum atomic E-state index is -4.01. The third-order valence-corrected chi connectivity index (χ3v) is 9.58. The third kappa shape index (κ3) is 5.43. The van der Waals surface area contributed by atoms with Gasteiger partial charge >= 0.3 is 14.0 Å². The Bertz CT molecular complexity index is 1590. The van der Waals surface area contributed by atoms with Crippen LogP contribution in [0, 0.1) is 5.92 Å². The Kier molecular flexibility index (Phi) is 7.45. The normalized spacial score (nSPS) is 33.8. The summed E-state index contributed by atoms with van der Waals surface area (Å²) in [5, 5.41) is 0.525. The van der Waals surface area contributed by atoms with E-state index in [1.54, 1.807) is 29.7 Å². The van der Waals surface area contributed by atoms with Gasteiger partial charge in [0.05, 0.1) is 38.9 Å². The number of ether oxygens (including phenoxy) is 5. The van der Waals surface area contributed by atoms with Crippen LogP contribution in [0.1, 0.15) is 37.7 Å². The average molecular weight is 638 g/mol. The number of nitrogens with zero attached hydrogens (tertiary/aromatic N) is 4. The molecule has 0 amide bonds. The van der Waals surface area contributed by atoms with Gasteiger partial charge in [-0.1, -0.05) is 23.7 Å². The molecule has 3 aromatic rings. The predicted octanol–water partition coefficient (Wildman–Crippen LogP) is 3.97. The molecule has 4 aliphatic heterocycles. The van der Waals surface area contributed by atoms with Crippen LogP contribution in [0.4, 0.5) is 10.7 Å². The molecule has 0 unspecified atom stereocenters. The van der Waals surface area contributed by atoms with E-state index in [1.165, 1.54) is 6.33 Å². The number of nitrogens with two attached hydrogens (primary N) is 1. The summed E-state index contributed by atoms with van der Waals surface area (Å²) in [5.74, 6) is 0.406. The fourth-order valence-electron chi connectivity index (χ4n) is 5.73. The number of anilines is 1. The van der Waals surface area contributed by atoms with Gasteiger partial charge in [0.2, 0.25) is 11.8 Å². The maximum Gasteiger partial charge on any atom is 0.509 e. The van der Waals surface area contributed by atoms with Crippen molar-refractivity contribution in [3.63, 3.8) is 0 Å². The highest BCUT2D eigenvalue weighted by atomic mass is 35.5. The standard InChI is InChI=1S/C26H29ClN5O10P/c1-26-20(40-25(33)41-26)18(12-38-43(34)37-8-6-17(42-43)15-3-2-4-16(27)9-15)39-23(26)32-13-29-19-21(32)30-24(28)31-22(19)36-11-14-5-7-35-10-14/h2-4,9,13-14,17-18,20,23H,5-8,10-12H2,1H3,(H2,28,30,31)/t14-,17+,18-,20-,23-,26-,43-/m1/s1. The SMILES string of the molecule is C[C@@]12OC(=O)O[C@@H]1[C@@H](CO[P@@]1(=O)OCC[C@@H](c3cccc(Cl)c3)O1)O[C@H]2n1cnc2c(OC[C@@H]3CCOC3)nc(N)nc21. The number of benzene rings is 1. The molecule has 7 rings (SSSR count). The summed E-state index contributed by atoms with van der Waals surface area (Å²) in [7, 11) is -4.01. The summed E-state index contributed by atoms with van der Waals surface area (Å²) in [6, 6.07) is 7.07. The molecule has 0 saturated carbocycles. The molecule has 6 heterocycles. The van der Waals surface area contributed by atoms with E-state index < -0.39 is 44.1 Å². The van der Waals surface area contributed by atoms with Crippen molar-refractivity contribution < 1.29 is 46.6 Å². The summed E-state index contributed by atoms with van der Waals surface area (Å²) in [6.07, 6.45) is -1.44. The largest absolute Gasteiger partial charge is 0.509 e. The van der Waals surface area contributed by atoms with Gasteiger partial charge in [-0.2, -0.15) is 9.97 Å². The molecule has 2 aromatic heterocycles. The van der Waals surface area contributed by atoms with Gasteiger partial charge in [0, 0.05) is 24.0 Å². The zero-order chi connectivity index (χ0) is 29.8. The molecule has 0 spiro atoms. The van der Waals surface area contributed by atoms with Crippen molar-refractivity contribution in [1.29, 1.82) is 0 Å². The van der Waals surface area contributed by atoms with E-state index in [2.05, 4.69) is 15.0 Å². The Morgan fingerprint density at radius 2 is 2.12 bits per heavy atom. The number of phosphoric acid groups is 1. The van der Waals surface area contributed by atoms with Crippen molar-refractivity contribution in [3.05, 3.63) is 41.2 Å². The minimum Gasteiger partial charge on any atom is -0.476 e. The molecule has 43 heavy (non-hydrogen) atoms. The second-order valence-electron chi connectivity index (χ2n) is 10.9. The lowest BCUT2D eigenvalue weighted by Crippen LogP contribution is -2.42. The molecule has 7 atom stereocenters. The number of aromatic nitrogens is 4. The Hall–Kier alpha value is -3.04. The van der Waals surface area contributed by atoms with Crippen LogP contribution in [0.5, 0.6) is 5.88 Å². The van der Waals surface area contributed by atoms with E-state index in [9.17, 15) is 9.36 Å². The smallest absolute Gasteiger partial charge is 0.476 e. The number of hydrogen-bond donors (Lipinski definition) is 1. The summed E-state index contributed by atoms with van der Waals surface area (Å²) < 4.78 is 60.7. The van der Waals surface area contributed by atoms with Crippen molar-refractivity contribution >= 4 is 42.7 Å².